The molecule has 0 saturated carbocycles. The monoisotopic (exact) mass is 272 g/mol. The molecule has 0 radical (unpaired) electrons. The number of nitrogens with one attached hydrogen (secondary N) is 1. The van der Waals surface area contributed by atoms with E-state index in [9.17, 15) is 9.90 Å². The second-order valence-electron chi connectivity index (χ2n) is 4.81. The van der Waals surface area contributed by atoms with Gasteiger partial charge in [-0.05, 0) is 17.7 Å². The van der Waals surface area contributed by atoms with Crippen molar-refractivity contribution in [2.75, 3.05) is 13.2 Å². The lowest BCUT2D eigenvalue weighted by Crippen LogP contribution is -2.35. The highest BCUT2D eigenvalue weighted by atomic mass is 16.6. The highest BCUT2D eigenvalue weighted by Gasteiger charge is 2.06. The van der Waals surface area contributed by atoms with Crippen molar-refractivity contribution in [2.45, 2.75) is 32.4 Å². The molecule has 106 valence electrons. The Kier molecular flexibility index (Phi) is 6.32. The van der Waals surface area contributed by atoms with E-state index in [2.05, 4.69) is 5.32 Å². The van der Waals surface area contributed by atoms with Crippen LogP contribution in [0.15, 0.2) is 24.3 Å². The van der Waals surface area contributed by atoms with Crippen LogP contribution in [0.25, 0.3) is 0 Å². The zero-order valence-electron chi connectivity index (χ0n) is 11.4. The first-order valence-corrected chi connectivity index (χ1v) is 6.39. The molecule has 0 aliphatic carbocycles. The number of carbonyl (C=O) groups is 1. The fraction of sp³-hybridized carbons (Fsp3) is 0.500. The molecule has 0 heterocycles. The third kappa shape index (κ3) is 6.79. The van der Waals surface area contributed by atoms with Crippen LogP contribution in [0.5, 0.6) is 5.75 Å². The van der Waals surface area contributed by atoms with Crippen LogP contribution in [0, 0.1) is 0 Å². The number of ether oxygens (including phenoxy) is 1. The van der Waals surface area contributed by atoms with Crippen LogP contribution in [0.2, 0.25) is 0 Å². The predicted molar refractivity (Wildman–Crippen MR) is 74.0 cm³/mol. The molecular formula is C14H22N2O3. The minimum absolute atomic E-state index is 0.223. The van der Waals surface area contributed by atoms with Crippen LogP contribution in [0.1, 0.15) is 19.4 Å². The number of carbonyl (C=O) groups excluding carboxylic acids is 1. The van der Waals surface area contributed by atoms with Crippen LogP contribution in [-0.4, -0.2) is 36.3 Å². The van der Waals surface area contributed by atoms with Crippen LogP contribution >= 0.6 is 0 Å². The van der Waals surface area contributed by atoms with Crippen molar-refractivity contribution in [3.8, 4) is 5.75 Å². The Labute approximate surface area is 113 Å². The van der Waals surface area contributed by atoms with Gasteiger partial charge in [0, 0.05) is 12.6 Å². The molecule has 1 aromatic carbocycles. The van der Waals surface area contributed by atoms with Crippen LogP contribution < -0.4 is 15.8 Å². The minimum atomic E-state index is -0.548. The van der Waals surface area contributed by atoms with E-state index in [0.717, 1.165) is 5.56 Å². The lowest BCUT2D eigenvalue weighted by molar-refractivity contribution is -0.117. The Bertz CT molecular complexity index is 390. The molecule has 1 amide bonds. The summed E-state index contributed by atoms with van der Waals surface area (Å²) in [5.41, 5.74) is 5.96. The predicted octanol–water partition coefficient (Wildman–Crippen LogP) is 0.452. The number of amides is 1. The average Bonchev–Trinajstić information content (AvgIpc) is 2.35. The molecule has 0 aromatic heterocycles. The molecule has 1 aromatic rings. The topological polar surface area (TPSA) is 84.6 Å². The molecule has 0 fully saturated rings. The van der Waals surface area contributed by atoms with Crippen molar-refractivity contribution >= 4 is 5.91 Å². The van der Waals surface area contributed by atoms with Gasteiger partial charge in [0.15, 0.2) is 0 Å². The van der Waals surface area contributed by atoms with E-state index in [1.54, 1.807) is 24.3 Å². The van der Waals surface area contributed by atoms with Crippen LogP contribution in [0.3, 0.4) is 0 Å². The van der Waals surface area contributed by atoms with Crippen LogP contribution in [0.4, 0.5) is 0 Å². The second kappa shape index (κ2) is 7.76. The molecule has 1 unspecified atom stereocenters. The summed E-state index contributed by atoms with van der Waals surface area (Å²) in [4.78, 5) is 10.7. The van der Waals surface area contributed by atoms with Crippen molar-refractivity contribution in [1.82, 2.24) is 5.32 Å². The number of primary amides is 1. The first-order valence-electron chi connectivity index (χ1n) is 6.39. The highest BCUT2D eigenvalue weighted by molar-refractivity contribution is 5.76. The van der Waals surface area contributed by atoms with Crippen LogP contribution in [-0.2, 0) is 11.2 Å². The van der Waals surface area contributed by atoms with Crippen molar-refractivity contribution < 1.29 is 14.6 Å². The van der Waals surface area contributed by atoms with Gasteiger partial charge in [-0.1, -0.05) is 26.0 Å². The van der Waals surface area contributed by atoms with Crippen molar-refractivity contribution in [3.63, 3.8) is 0 Å². The summed E-state index contributed by atoms with van der Waals surface area (Å²) in [6.45, 7) is 4.77. The first kappa shape index (κ1) is 15.5. The van der Waals surface area contributed by atoms with Crippen molar-refractivity contribution in [2.24, 2.45) is 5.73 Å². The molecule has 5 nitrogen and oxygen atoms in total. The SMILES string of the molecule is CC(C)NCC(O)CO[13c]1[13cH][13cH][13c](CC(N)=O)[13cH][13cH]1. The summed E-state index contributed by atoms with van der Waals surface area (Å²) in [5.74, 6) is 0.306. The molecule has 0 aliphatic heterocycles. The van der Waals surface area contributed by atoms with Gasteiger partial charge in [-0.25, -0.2) is 0 Å². The molecule has 0 aliphatic rings. The third-order valence-corrected chi connectivity index (χ3v) is 2.51. The molecule has 5 heteroatoms. The number of hydrogen-bond donors (Lipinski definition) is 3. The van der Waals surface area contributed by atoms with Gasteiger partial charge in [0.2, 0.25) is 5.91 Å². The average molecular weight is 272 g/mol. The fourth-order valence-electron chi connectivity index (χ4n) is 1.53. The van der Waals surface area contributed by atoms with Gasteiger partial charge in [-0.3, -0.25) is 4.79 Å². The van der Waals surface area contributed by atoms with Gasteiger partial charge < -0.3 is 20.9 Å². The number of nitrogens with two attached hydrogens (primary N) is 1. The van der Waals surface area contributed by atoms with E-state index < -0.39 is 6.10 Å². The molecular weight excluding hydrogens is 250 g/mol. The number of aliphatic hydroxyl groups is 1. The number of rotatable bonds is 8. The lowest BCUT2D eigenvalue weighted by atomic mass is 10.3. The van der Waals surface area contributed by atoms with E-state index in [1.807, 2.05) is 13.8 Å². The molecule has 0 saturated heterocycles. The van der Waals surface area contributed by atoms with E-state index in [0.29, 0.717) is 18.3 Å². The Morgan fingerprint density at radius 1 is 1.37 bits per heavy atom. The van der Waals surface area contributed by atoms with E-state index in [-0.39, 0.29) is 18.9 Å². The Hall–Kier alpha value is -1.59. The smallest absolute Gasteiger partial charge is 0.221 e. The zero-order chi connectivity index (χ0) is 14.3. The summed E-state index contributed by atoms with van der Waals surface area (Å²) in [6, 6.07) is 7.45. The maximum atomic E-state index is 10.7. The largest absolute Gasteiger partial charge is 0.491 e. The standard InChI is InChI=1S/C14H22N2O3/c1-10(2)16-8-12(17)9-19-13-5-3-11(4-6-13)7-14(15)18/h3-6,10,12,16-17H,7-9H2,1-2H3,(H2,15,18)/i3+1,4+1,5+1,6+1,11+1,13+1. The molecule has 1 atom stereocenters. The zero-order valence-corrected chi connectivity index (χ0v) is 11.4. The summed E-state index contributed by atoms with van der Waals surface area (Å²) < 4.78 is 5.45. The summed E-state index contributed by atoms with van der Waals surface area (Å²) >= 11 is 0. The second-order valence-corrected chi connectivity index (χ2v) is 4.81. The number of aliphatic hydroxyl groups excluding tert-OH is 1. The van der Waals surface area contributed by atoms with Crippen molar-refractivity contribution in [1.29, 1.82) is 0 Å². The molecule has 1 rings (SSSR count). The molecule has 0 bridgehead atoms. The normalized spacial score (nSPS) is 12.4. The Morgan fingerprint density at radius 2 is 2.00 bits per heavy atom. The summed E-state index contributed by atoms with van der Waals surface area (Å²) in [6.07, 6.45) is -0.325. The van der Waals surface area contributed by atoms with E-state index in [4.69, 9.17) is 10.5 Å². The molecule has 4 N–H and O–H groups in total. The summed E-state index contributed by atoms with van der Waals surface area (Å²) in [5, 5.41) is 12.8. The summed E-state index contributed by atoms with van der Waals surface area (Å²) in [7, 11) is 0. The fourth-order valence-corrected chi connectivity index (χ4v) is 1.53. The van der Waals surface area contributed by atoms with Gasteiger partial charge >= 0.3 is 0 Å². The maximum absolute atomic E-state index is 10.7. The first-order chi connectivity index (χ1) is 8.97. The highest BCUT2D eigenvalue weighted by Crippen LogP contribution is 2.12. The maximum Gasteiger partial charge on any atom is 0.221 e. The Balaban J connectivity index is 2.35. The van der Waals surface area contributed by atoms with Gasteiger partial charge in [0.1, 0.15) is 18.5 Å². The quantitative estimate of drug-likeness (QED) is 0.641. The third-order valence-electron chi connectivity index (χ3n) is 2.51. The van der Waals surface area contributed by atoms with Crippen molar-refractivity contribution in [3.05, 3.63) is 29.8 Å². The minimum Gasteiger partial charge on any atom is -0.491 e. The van der Waals surface area contributed by atoms with Gasteiger partial charge in [0.25, 0.3) is 0 Å². The number of hydrogen-bond acceptors (Lipinski definition) is 4. The Morgan fingerprint density at radius 3 is 2.53 bits per heavy atom. The lowest BCUT2D eigenvalue weighted by Gasteiger charge is -2.15. The van der Waals surface area contributed by atoms with E-state index in [1.165, 1.54) is 0 Å². The van der Waals surface area contributed by atoms with Gasteiger partial charge in [-0.15, -0.1) is 0 Å². The van der Waals surface area contributed by atoms with Gasteiger partial charge in [-0.2, -0.15) is 0 Å². The van der Waals surface area contributed by atoms with Gasteiger partial charge in [0.05, 0.1) is 6.42 Å². The van der Waals surface area contributed by atoms with E-state index >= 15 is 0 Å². The molecule has 0 spiro atoms. The molecule has 19 heavy (non-hydrogen) atoms. The number of benzene rings is 1.